The van der Waals surface area contributed by atoms with Gasteiger partial charge in [0.15, 0.2) is 0 Å². The maximum absolute atomic E-state index is 12.0. The number of alkyl halides is 3. The van der Waals surface area contributed by atoms with Gasteiger partial charge in [-0.3, -0.25) is 9.59 Å². The number of carbonyl (C=O) groups excluding carboxylic acids is 1. The lowest BCUT2D eigenvalue weighted by Gasteiger charge is -2.11. The minimum absolute atomic E-state index is 0.392. The third-order valence-corrected chi connectivity index (χ3v) is 3.96. The van der Waals surface area contributed by atoms with Crippen LogP contribution in [0, 0.1) is 0 Å². The fraction of sp³-hybridized carbons (Fsp3) is 0.333. The zero-order valence-corrected chi connectivity index (χ0v) is 12.9. The van der Waals surface area contributed by atoms with Crippen molar-refractivity contribution in [3.05, 3.63) is 24.3 Å². The third-order valence-electron chi connectivity index (χ3n) is 2.54. The number of sulfonamides is 1. The molecule has 1 rings (SSSR count). The van der Waals surface area contributed by atoms with Crippen LogP contribution in [0.2, 0.25) is 0 Å². The summed E-state index contributed by atoms with van der Waals surface area (Å²) in [5.74, 6) is -2.79. The monoisotopic (exact) mass is 370 g/mol. The molecule has 0 aliphatic carbocycles. The van der Waals surface area contributed by atoms with Crippen LogP contribution in [0.5, 0.6) is 5.75 Å². The van der Waals surface area contributed by atoms with Crippen molar-refractivity contribution in [2.75, 3.05) is 6.54 Å². The Hall–Kier alpha value is -2.34. The second-order valence-corrected chi connectivity index (χ2v) is 6.24. The van der Waals surface area contributed by atoms with Gasteiger partial charge in [0.05, 0.1) is 11.4 Å². The fourth-order valence-corrected chi connectivity index (χ4v) is 2.40. The average Bonchev–Trinajstić information content (AvgIpc) is 2.44. The van der Waals surface area contributed by atoms with Crippen molar-refractivity contribution >= 4 is 21.9 Å². The van der Waals surface area contributed by atoms with Crippen molar-refractivity contribution < 1.29 is 41.0 Å². The molecular formula is C12H13F3N2O6S. The number of aliphatic carboxylic acids is 1. The first-order valence-corrected chi connectivity index (χ1v) is 7.76. The standard InChI is InChI=1S/C12H13F3N2O6S/c1-7(11(19)20)17-10(18)6-16-24(21,22)9-4-2-8(3-5-9)23-12(13,14)15/h2-5,7,16H,6H2,1H3,(H,17,18)(H,19,20). The van der Waals surface area contributed by atoms with Gasteiger partial charge in [-0.2, -0.15) is 0 Å². The van der Waals surface area contributed by atoms with Crippen LogP contribution in [0.15, 0.2) is 29.2 Å². The van der Waals surface area contributed by atoms with E-state index in [1.165, 1.54) is 6.92 Å². The summed E-state index contributed by atoms with van der Waals surface area (Å²) in [6.07, 6.45) is -4.91. The summed E-state index contributed by atoms with van der Waals surface area (Å²) in [7, 11) is -4.17. The molecule has 0 saturated heterocycles. The molecule has 0 bridgehead atoms. The predicted octanol–water partition coefficient (Wildman–Crippen LogP) is 0.453. The smallest absolute Gasteiger partial charge is 0.480 e. The zero-order chi connectivity index (χ0) is 18.5. The number of carboxylic acid groups (broad SMARTS) is 1. The highest BCUT2D eigenvalue weighted by molar-refractivity contribution is 7.89. The molecule has 0 spiro atoms. The summed E-state index contributed by atoms with van der Waals surface area (Å²) in [6.45, 7) is 0.453. The van der Waals surface area contributed by atoms with E-state index >= 15 is 0 Å². The number of amides is 1. The molecule has 8 nitrogen and oxygen atoms in total. The highest BCUT2D eigenvalue weighted by Gasteiger charge is 2.31. The molecule has 3 N–H and O–H groups in total. The lowest BCUT2D eigenvalue weighted by Crippen LogP contribution is -2.43. The maximum Gasteiger partial charge on any atom is 0.573 e. The highest BCUT2D eigenvalue weighted by atomic mass is 32.2. The Morgan fingerprint density at radius 2 is 1.79 bits per heavy atom. The van der Waals surface area contributed by atoms with Gasteiger partial charge in [0.2, 0.25) is 15.9 Å². The molecule has 0 radical (unpaired) electrons. The van der Waals surface area contributed by atoms with Crippen molar-refractivity contribution in [3.8, 4) is 5.75 Å². The van der Waals surface area contributed by atoms with Gasteiger partial charge in [0, 0.05) is 0 Å². The average molecular weight is 370 g/mol. The Morgan fingerprint density at radius 1 is 1.25 bits per heavy atom. The number of carbonyl (C=O) groups is 2. The van der Waals surface area contributed by atoms with E-state index < -0.39 is 51.5 Å². The molecular weight excluding hydrogens is 357 g/mol. The van der Waals surface area contributed by atoms with Gasteiger partial charge >= 0.3 is 12.3 Å². The molecule has 24 heavy (non-hydrogen) atoms. The first kappa shape index (κ1) is 19.7. The minimum Gasteiger partial charge on any atom is -0.480 e. The summed E-state index contributed by atoms with van der Waals surface area (Å²) in [4.78, 5) is 21.6. The third kappa shape index (κ3) is 6.42. The number of hydrogen-bond acceptors (Lipinski definition) is 5. The van der Waals surface area contributed by atoms with Gasteiger partial charge in [-0.1, -0.05) is 0 Å². The van der Waals surface area contributed by atoms with Crippen molar-refractivity contribution in [1.29, 1.82) is 0 Å². The van der Waals surface area contributed by atoms with E-state index in [1.54, 1.807) is 0 Å². The molecule has 0 saturated carbocycles. The molecule has 0 fully saturated rings. The summed E-state index contributed by atoms with van der Waals surface area (Å²) in [6, 6.07) is 2.12. The molecule has 1 amide bonds. The fourth-order valence-electron chi connectivity index (χ4n) is 1.42. The van der Waals surface area contributed by atoms with Crippen molar-refractivity contribution in [2.45, 2.75) is 24.2 Å². The molecule has 134 valence electrons. The van der Waals surface area contributed by atoms with Gasteiger partial charge in [-0.05, 0) is 31.2 Å². The van der Waals surface area contributed by atoms with E-state index in [-0.39, 0.29) is 0 Å². The molecule has 0 heterocycles. The van der Waals surface area contributed by atoms with Crippen LogP contribution in [0.25, 0.3) is 0 Å². The van der Waals surface area contributed by atoms with Crippen molar-refractivity contribution in [2.24, 2.45) is 0 Å². The number of halogens is 3. The largest absolute Gasteiger partial charge is 0.573 e. The van der Waals surface area contributed by atoms with Crippen LogP contribution in [0.4, 0.5) is 13.2 Å². The summed E-state index contributed by atoms with van der Waals surface area (Å²) in [5.41, 5.74) is 0. The minimum atomic E-state index is -4.91. The molecule has 0 aliphatic heterocycles. The lowest BCUT2D eigenvalue weighted by atomic mass is 10.3. The number of rotatable bonds is 7. The number of nitrogens with one attached hydrogen (secondary N) is 2. The van der Waals surface area contributed by atoms with Crippen LogP contribution in [0.3, 0.4) is 0 Å². The normalized spacial score (nSPS) is 13.2. The van der Waals surface area contributed by atoms with Crippen LogP contribution in [0.1, 0.15) is 6.92 Å². The van der Waals surface area contributed by atoms with E-state index in [0.717, 1.165) is 24.3 Å². The molecule has 1 atom stereocenters. The molecule has 1 aromatic carbocycles. The summed E-state index contributed by atoms with van der Waals surface area (Å²) < 4.78 is 65.3. The number of hydrogen-bond donors (Lipinski definition) is 3. The molecule has 1 aromatic rings. The Morgan fingerprint density at radius 3 is 2.25 bits per heavy atom. The van der Waals surface area contributed by atoms with Gasteiger partial charge in [0.1, 0.15) is 11.8 Å². The molecule has 0 aliphatic rings. The van der Waals surface area contributed by atoms with E-state index in [0.29, 0.717) is 0 Å². The predicted molar refractivity (Wildman–Crippen MR) is 73.6 cm³/mol. The van der Waals surface area contributed by atoms with E-state index in [4.69, 9.17) is 5.11 Å². The Bertz CT molecular complexity index is 702. The van der Waals surface area contributed by atoms with Crippen LogP contribution in [-0.4, -0.2) is 44.3 Å². The van der Waals surface area contributed by atoms with Crippen LogP contribution < -0.4 is 14.8 Å². The molecule has 12 heteroatoms. The highest BCUT2D eigenvalue weighted by Crippen LogP contribution is 2.23. The number of carboxylic acids is 1. The van der Waals surface area contributed by atoms with Gasteiger partial charge in [-0.15, -0.1) is 13.2 Å². The number of ether oxygens (including phenoxy) is 1. The summed E-state index contributed by atoms with van der Waals surface area (Å²) in [5, 5.41) is 10.6. The number of benzene rings is 1. The van der Waals surface area contributed by atoms with Crippen LogP contribution >= 0.6 is 0 Å². The Labute approximate surface area is 134 Å². The second kappa shape index (κ2) is 7.49. The molecule has 0 aromatic heterocycles. The van der Waals surface area contributed by atoms with Gasteiger partial charge in [0.25, 0.3) is 0 Å². The summed E-state index contributed by atoms with van der Waals surface area (Å²) >= 11 is 0. The molecule has 1 unspecified atom stereocenters. The van der Waals surface area contributed by atoms with E-state index in [2.05, 4.69) is 4.74 Å². The SMILES string of the molecule is CC(NC(=O)CNS(=O)(=O)c1ccc(OC(F)(F)F)cc1)C(=O)O. The zero-order valence-electron chi connectivity index (χ0n) is 12.1. The lowest BCUT2D eigenvalue weighted by molar-refractivity contribution is -0.274. The van der Waals surface area contributed by atoms with E-state index in [9.17, 15) is 31.2 Å². The second-order valence-electron chi connectivity index (χ2n) is 4.47. The van der Waals surface area contributed by atoms with Gasteiger partial charge in [-0.25, -0.2) is 13.1 Å². The Balaban J connectivity index is 2.68. The first-order chi connectivity index (χ1) is 10.9. The maximum atomic E-state index is 12.0. The van der Waals surface area contributed by atoms with Crippen molar-refractivity contribution in [1.82, 2.24) is 10.0 Å². The van der Waals surface area contributed by atoms with Crippen LogP contribution in [-0.2, 0) is 19.6 Å². The Kier molecular flexibility index (Phi) is 6.15. The first-order valence-electron chi connectivity index (χ1n) is 6.28. The topological polar surface area (TPSA) is 122 Å². The van der Waals surface area contributed by atoms with Crippen molar-refractivity contribution in [3.63, 3.8) is 0 Å². The van der Waals surface area contributed by atoms with Gasteiger partial charge < -0.3 is 15.2 Å². The quantitative estimate of drug-likeness (QED) is 0.641. The van der Waals surface area contributed by atoms with E-state index in [1.807, 2.05) is 10.0 Å².